The summed E-state index contributed by atoms with van der Waals surface area (Å²) in [6.07, 6.45) is 6.56. The molecule has 0 aromatic carbocycles. The topological polar surface area (TPSA) is 34.1 Å². The van der Waals surface area contributed by atoms with Crippen LogP contribution in [0.4, 0.5) is 0 Å². The summed E-state index contributed by atoms with van der Waals surface area (Å²) in [5, 5.41) is 0. The van der Waals surface area contributed by atoms with Crippen molar-refractivity contribution in [3.63, 3.8) is 0 Å². The number of hydrogen-bond donors (Lipinski definition) is 0. The van der Waals surface area contributed by atoms with E-state index in [1.165, 1.54) is 0 Å². The van der Waals surface area contributed by atoms with E-state index >= 15 is 0 Å². The van der Waals surface area contributed by atoms with Crippen molar-refractivity contribution in [3.8, 4) is 0 Å². The molecule has 0 fully saturated rings. The van der Waals surface area contributed by atoms with Gasteiger partial charge in [-0.1, -0.05) is 0 Å². The standard InChI is InChI=1S/2C2H6OS.Pd/c2*1-4(2)3;/h2*1-2H3;. The van der Waals surface area contributed by atoms with E-state index in [9.17, 15) is 8.42 Å². The smallest absolute Gasteiger partial charge is 0.0148 e. The van der Waals surface area contributed by atoms with Gasteiger partial charge in [-0.2, -0.15) is 0 Å². The molecule has 0 aromatic heterocycles. The maximum absolute atomic E-state index is 9.56. The van der Waals surface area contributed by atoms with Crippen LogP contribution in [0, 0.1) is 0 Å². The van der Waals surface area contributed by atoms with Gasteiger partial charge < -0.3 is 0 Å². The first-order valence-electron chi connectivity index (χ1n) is 1.97. The largest absolute Gasteiger partial charge is 0.260 e. The van der Waals surface area contributed by atoms with E-state index in [1.807, 2.05) is 0 Å². The van der Waals surface area contributed by atoms with Crippen molar-refractivity contribution in [2.45, 2.75) is 0 Å². The second kappa shape index (κ2) is 11.7. The molecule has 0 aromatic rings. The van der Waals surface area contributed by atoms with Gasteiger partial charge in [-0.15, -0.1) is 0 Å². The van der Waals surface area contributed by atoms with Gasteiger partial charge in [0.05, 0.1) is 0 Å². The van der Waals surface area contributed by atoms with Gasteiger partial charge in [-0.3, -0.25) is 8.42 Å². The minimum Gasteiger partial charge on any atom is -0.260 e. The molecule has 0 radical (unpaired) electrons. The monoisotopic (exact) mass is 262 g/mol. The minimum absolute atomic E-state index is 0. The van der Waals surface area contributed by atoms with Gasteiger partial charge in [-0.25, -0.2) is 0 Å². The summed E-state index contributed by atoms with van der Waals surface area (Å²) in [6.45, 7) is 0. The van der Waals surface area contributed by atoms with E-state index in [-0.39, 0.29) is 20.4 Å². The minimum atomic E-state index is -0.611. The Morgan fingerprint density at radius 3 is 0.778 bits per heavy atom. The Kier molecular flexibility index (Phi) is 21.5. The van der Waals surface area contributed by atoms with E-state index in [0.29, 0.717) is 0 Å². The Labute approximate surface area is 75.4 Å². The summed E-state index contributed by atoms with van der Waals surface area (Å²) in [4.78, 5) is 0. The van der Waals surface area contributed by atoms with Gasteiger partial charge in [0.25, 0.3) is 0 Å². The van der Waals surface area contributed by atoms with Crippen LogP contribution in [0.5, 0.6) is 0 Å². The van der Waals surface area contributed by atoms with Gasteiger partial charge in [0.15, 0.2) is 0 Å². The van der Waals surface area contributed by atoms with E-state index in [2.05, 4.69) is 0 Å². The van der Waals surface area contributed by atoms with Crippen LogP contribution >= 0.6 is 0 Å². The molecule has 0 aliphatic carbocycles. The van der Waals surface area contributed by atoms with Crippen molar-refractivity contribution in [3.05, 3.63) is 0 Å². The average molecular weight is 263 g/mol. The molecule has 0 atom stereocenters. The van der Waals surface area contributed by atoms with E-state index in [0.717, 1.165) is 0 Å². The van der Waals surface area contributed by atoms with Gasteiger partial charge in [0, 0.05) is 67.0 Å². The first kappa shape index (κ1) is 16.5. The normalized spacial score (nSPS) is 7.78. The molecule has 0 bridgehead atoms. The third kappa shape index (κ3) is 469. The summed E-state index contributed by atoms with van der Waals surface area (Å²) in [6, 6.07) is 0. The van der Waals surface area contributed by atoms with Crippen molar-refractivity contribution < 1.29 is 28.8 Å². The van der Waals surface area contributed by atoms with Crippen LogP contribution in [0.1, 0.15) is 0 Å². The molecule has 0 unspecified atom stereocenters. The molecule has 62 valence electrons. The van der Waals surface area contributed by atoms with Crippen LogP contribution in [-0.4, -0.2) is 33.4 Å². The average Bonchev–Trinajstić information content (AvgIpc) is 1.25. The van der Waals surface area contributed by atoms with Crippen LogP contribution in [0.2, 0.25) is 0 Å². The summed E-state index contributed by atoms with van der Waals surface area (Å²) < 4.78 is 19.1. The quantitative estimate of drug-likeness (QED) is 0.576. The Balaban J connectivity index is -0.0000000720. The van der Waals surface area contributed by atoms with E-state index in [1.54, 1.807) is 25.0 Å². The van der Waals surface area contributed by atoms with Crippen LogP contribution < -0.4 is 0 Å². The summed E-state index contributed by atoms with van der Waals surface area (Å²) in [5.74, 6) is 0. The molecule has 2 nitrogen and oxygen atoms in total. The third-order valence-corrected chi connectivity index (χ3v) is 0. The summed E-state index contributed by atoms with van der Waals surface area (Å²) in [7, 11) is -1.22. The first-order chi connectivity index (χ1) is 3.46. The molecule has 0 aliphatic heterocycles. The predicted octanol–water partition coefficient (Wildman–Crippen LogP) is -0.0131. The van der Waals surface area contributed by atoms with Gasteiger partial charge in [0.1, 0.15) is 0 Å². The van der Waals surface area contributed by atoms with Crippen molar-refractivity contribution in [1.82, 2.24) is 0 Å². The molecule has 0 N–H and O–H groups in total. The molecular weight excluding hydrogens is 251 g/mol. The zero-order valence-electron chi connectivity index (χ0n) is 5.95. The van der Waals surface area contributed by atoms with Crippen molar-refractivity contribution in [1.29, 1.82) is 0 Å². The fourth-order valence-corrected chi connectivity index (χ4v) is 0. The van der Waals surface area contributed by atoms with Gasteiger partial charge in [0.2, 0.25) is 0 Å². The zero-order chi connectivity index (χ0) is 7.15. The fraction of sp³-hybridized carbons (Fsp3) is 1.00. The molecule has 0 amide bonds. The van der Waals surface area contributed by atoms with Crippen LogP contribution in [0.25, 0.3) is 0 Å². The van der Waals surface area contributed by atoms with Crippen molar-refractivity contribution in [2.75, 3.05) is 25.0 Å². The maximum Gasteiger partial charge on any atom is 0.0148 e. The van der Waals surface area contributed by atoms with Crippen molar-refractivity contribution in [2.24, 2.45) is 0 Å². The number of rotatable bonds is 0. The molecule has 0 saturated heterocycles. The Morgan fingerprint density at radius 1 is 0.778 bits per heavy atom. The van der Waals surface area contributed by atoms with Crippen LogP contribution in [0.3, 0.4) is 0 Å². The molecule has 0 rings (SSSR count). The molecule has 0 heterocycles. The molecule has 5 heteroatoms. The van der Waals surface area contributed by atoms with Crippen LogP contribution in [-0.2, 0) is 42.0 Å². The summed E-state index contributed by atoms with van der Waals surface area (Å²) in [5.41, 5.74) is 0. The number of hydrogen-bond acceptors (Lipinski definition) is 2. The predicted molar refractivity (Wildman–Crippen MR) is 40.0 cm³/mol. The SMILES string of the molecule is CS(C)=O.CS(C)=O.[Pd]. The Morgan fingerprint density at radius 2 is 0.778 bits per heavy atom. The second-order valence-electron chi connectivity index (χ2n) is 1.48. The third-order valence-electron chi connectivity index (χ3n) is 0. The van der Waals surface area contributed by atoms with E-state index in [4.69, 9.17) is 0 Å². The molecule has 0 aliphatic rings. The van der Waals surface area contributed by atoms with Crippen molar-refractivity contribution >= 4 is 21.6 Å². The van der Waals surface area contributed by atoms with E-state index < -0.39 is 21.6 Å². The molecule has 9 heavy (non-hydrogen) atoms. The molecular formula is C4H12O2PdS2. The first-order valence-corrected chi connectivity index (χ1v) is 5.90. The molecule has 0 spiro atoms. The van der Waals surface area contributed by atoms with Gasteiger partial charge >= 0.3 is 0 Å². The van der Waals surface area contributed by atoms with Crippen LogP contribution in [0.15, 0.2) is 0 Å². The Hall–Kier alpha value is 0.962. The fourth-order valence-electron chi connectivity index (χ4n) is 0. The molecule has 0 saturated carbocycles. The Bertz CT molecular complexity index is 74.6. The van der Waals surface area contributed by atoms with Gasteiger partial charge in [-0.05, 0) is 0 Å². The second-order valence-corrected chi connectivity index (χ2v) is 4.45. The summed E-state index contributed by atoms with van der Waals surface area (Å²) >= 11 is 0. The zero-order valence-corrected chi connectivity index (χ0v) is 9.14. The maximum atomic E-state index is 9.56.